The summed E-state index contributed by atoms with van der Waals surface area (Å²) in [5.74, 6) is 1.72. The van der Waals surface area contributed by atoms with Crippen molar-refractivity contribution in [2.45, 2.75) is 27.2 Å². The fourth-order valence-corrected chi connectivity index (χ4v) is 1.86. The molecule has 17 heavy (non-hydrogen) atoms. The highest BCUT2D eigenvalue weighted by atomic mass is 35.5. The Kier molecular flexibility index (Phi) is 4.87. The van der Waals surface area contributed by atoms with Crippen LogP contribution in [0.2, 0.25) is 5.15 Å². The molecule has 0 amide bonds. The fourth-order valence-electron chi connectivity index (χ4n) is 1.61. The van der Waals surface area contributed by atoms with Gasteiger partial charge in [0.25, 0.3) is 0 Å². The highest BCUT2D eigenvalue weighted by Gasteiger charge is 2.15. The Morgan fingerprint density at radius 2 is 2.12 bits per heavy atom. The van der Waals surface area contributed by atoms with E-state index in [-0.39, 0.29) is 5.15 Å². The first kappa shape index (κ1) is 13.9. The van der Waals surface area contributed by atoms with Crippen LogP contribution in [0.25, 0.3) is 0 Å². The number of anilines is 1. The van der Waals surface area contributed by atoms with Crippen molar-refractivity contribution in [1.29, 1.82) is 0 Å². The molecule has 0 aromatic carbocycles. The molecule has 1 unspecified atom stereocenters. The van der Waals surface area contributed by atoms with E-state index in [0.717, 1.165) is 13.0 Å². The van der Waals surface area contributed by atoms with E-state index in [4.69, 9.17) is 11.6 Å². The third kappa shape index (κ3) is 3.40. The van der Waals surface area contributed by atoms with Crippen molar-refractivity contribution in [3.8, 4) is 0 Å². The number of aromatic nitrogens is 2. The predicted octanol–water partition coefficient (Wildman–Crippen LogP) is 2.73. The molecule has 5 heteroatoms. The zero-order valence-corrected chi connectivity index (χ0v) is 11.5. The Balaban J connectivity index is 3.07. The fraction of sp³-hybridized carbons (Fsp3) is 0.583. The van der Waals surface area contributed by atoms with Crippen molar-refractivity contribution >= 4 is 23.7 Å². The maximum absolute atomic E-state index is 11.0. The lowest BCUT2D eigenvalue weighted by Gasteiger charge is -2.23. The van der Waals surface area contributed by atoms with Crippen LogP contribution >= 0.6 is 11.6 Å². The molecule has 0 saturated heterocycles. The van der Waals surface area contributed by atoms with Gasteiger partial charge in [0.05, 0.1) is 5.56 Å². The van der Waals surface area contributed by atoms with E-state index >= 15 is 0 Å². The van der Waals surface area contributed by atoms with E-state index in [2.05, 4.69) is 23.8 Å². The largest absolute Gasteiger partial charge is 0.359 e. The molecule has 0 aliphatic rings. The van der Waals surface area contributed by atoms with Gasteiger partial charge in [-0.1, -0.05) is 31.9 Å². The second-order valence-corrected chi connectivity index (χ2v) is 4.67. The van der Waals surface area contributed by atoms with Gasteiger partial charge in [0, 0.05) is 13.6 Å². The van der Waals surface area contributed by atoms with Crippen LogP contribution in [-0.2, 0) is 0 Å². The van der Waals surface area contributed by atoms with Crippen LogP contribution < -0.4 is 4.90 Å². The Morgan fingerprint density at radius 3 is 2.65 bits per heavy atom. The molecule has 1 rings (SSSR count). The van der Waals surface area contributed by atoms with Gasteiger partial charge < -0.3 is 4.90 Å². The Bertz CT molecular complexity index is 409. The molecule has 0 spiro atoms. The second kappa shape index (κ2) is 5.96. The standard InChI is InChI=1S/C12H18ClN3O/c1-5-8(2)6-16(4)12-10(7-17)11(13)14-9(3)15-12/h7-8H,5-6H2,1-4H3. The molecule has 0 fully saturated rings. The molecule has 0 N–H and O–H groups in total. The maximum atomic E-state index is 11.0. The SMILES string of the molecule is CCC(C)CN(C)c1nc(C)nc(Cl)c1C=O. The van der Waals surface area contributed by atoms with Crippen LogP contribution in [0.1, 0.15) is 36.5 Å². The first-order chi connectivity index (χ1) is 7.99. The number of rotatable bonds is 5. The number of hydrogen-bond donors (Lipinski definition) is 0. The maximum Gasteiger partial charge on any atom is 0.156 e. The van der Waals surface area contributed by atoms with Crippen molar-refractivity contribution in [3.63, 3.8) is 0 Å². The van der Waals surface area contributed by atoms with Crippen molar-refractivity contribution in [1.82, 2.24) is 9.97 Å². The third-order valence-corrected chi connectivity index (χ3v) is 3.04. The van der Waals surface area contributed by atoms with Gasteiger partial charge in [-0.3, -0.25) is 4.79 Å². The normalized spacial score (nSPS) is 12.3. The number of halogens is 1. The minimum atomic E-state index is 0.221. The summed E-state index contributed by atoms with van der Waals surface area (Å²) in [5, 5.41) is 0.221. The van der Waals surface area contributed by atoms with E-state index in [0.29, 0.717) is 29.4 Å². The number of aldehydes is 1. The molecule has 1 aromatic heterocycles. The van der Waals surface area contributed by atoms with E-state index in [1.165, 1.54) is 0 Å². The van der Waals surface area contributed by atoms with Crippen molar-refractivity contribution in [2.24, 2.45) is 5.92 Å². The highest BCUT2D eigenvalue weighted by Crippen LogP contribution is 2.22. The van der Waals surface area contributed by atoms with E-state index in [1.807, 2.05) is 11.9 Å². The van der Waals surface area contributed by atoms with Crippen LogP contribution in [0.3, 0.4) is 0 Å². The molecule has 94 valence electrons. The quantitative estimate of drug-likeness (QED) is 0.600. The highest BCUT2D eigenvalue weighted by molar-refractivity contribution is 6.32. The number of carbonyl (C=O) groups excluding carboxylic acids is 1. The lowest BCUT2D eigenvalue weighted by molar-refractivity contribution is 0.112. The van der Waals surface area contributed by atoms with Crippen LogP contribution in [-0.4, -0.2) is 29.8 Å². The number of aryl methyl sites for hydroxylation is 1. The minimum Gasteiger partial charge on any atom is -0.359 e. The van der Waals surface area contributed by atoms with E-state index < -0.39 is 0 Å². The lowest BCUT2D eigenvalue weighted by Crippen LogP contribution is -2.26. The Labute approximate surface area is 107 Å². The predicted molar refractivity (Wildman–Crippen MR) is 69.9 cm³/mol. The monoisotopic (exact) mass is 255 g/mol. The van der Waals surface area contributed by atoms with E-state index in [9.17, 15) is 4.79 Å². The summed E-state index contributed by atoms with van der Waals surface area (Å²) in [4.78, 5) is 21.3. The summed E-state index contributed by atoms with van der Waals surface area (Å²) >= 11 is 5.94. The first-order valence-electron chi connectivity index (χ1n) is 5.70. The number of nitrogens with zero attached hydrogens (tertiary/aromatic N) is 3. The first-order valence-corrected chi connectivity index (χ1v) is 6.07. The number of hydrogen-bond acceptors (Lipinski definition) is 4. The average molecular weight is 256 g/mol. The minimum absolute atomic E-state index is 0.221. The zero-order chi connectivity index (χ0) is 13.0. The summed E-state index contributed by atoms with van der Waals surface area (Å²) in [6.45, 7) is 6.90. The topological polar surface area (TPSA) is 46.1 Å². The summed E-state index contributed by atoms with van der Waals surface area (Å²) in [5.41, 5.74) is 0.364. The Hall–Kier alpha value is -1.16. The van der Waals surface area contributed by atoms with Crippen molar-refractivity contribution in [3.05, 3.63) is 16.5 Å². The van der Waals surface area contributed by atoms with Crippen LogP contribution in [0.5, 0.6) is 0 Å². The average Bonchev–Trinajstić information content (AvgIpc) is 2.27. The zero-order valence-electron chi connectivity index (χ0n) is 10.7. The molecule has 4 nitrogen and oxygen atoms in total. The molecule has 0 aliphatic heterocycles. The van der Waals surface area contributed by atoms with Gasteiger partial charge in [-0.25, -0.2) is 9.97 Å². The van der Waals surface area contributed by atoms with Crippen molar-refractivity contribution in [2.75, 3.05) is 18.5 Å². The molecule has 0 radical (unpaired) electrons. The summed E-state index contributed by atoms with van der Waals surface area (Å²) in [6.07, 6.45) is 1.79. The number of carbonyl (C=O) groups is 1. The molecular formula is C12H18ClN3O. The van der Waals surface area contributed by atoms with Gasteiger partial charge in [-0.2, -0.15) is 0 Å². The van der Waals surface area contributed by atoms with Gasteiger partial charge >= 0.3 is 0 Å². The van der Waals surface area contributed by atoms with Crippen LogP contribution in [0.15, 0.2) is 0 Å². The van der Waals surface area contributed by atoms with E-state index in [1.54, 1.807) is 6.92 Å². The van der Waals surface area contributed by atoms with Crippen LogP contribution in [0.4, 0.5) is 5.82 Å². The van der Waals surface area contributed by atoms with Crippen molar-refractivity contribution < 1.29 is 4.79 Å². The third-order valence-electron chi connectivity index (χ3n) is 2.75. The molecule has 0 bridgehead atoms. The van der Waals surface area contributed by atoms with Gasteiger partial charge in [0.15, 0.2) is 6.29 Å². The molecular weight excluding hydrogens is 238 g/mol. The smallest absolute Gasteiger partial charge is 0.156 e. The Morgan fingerprint density at radius 1 is 1.47 bits per heavy atom. The molecule has 1 heterocycles. The molecule has 0 saturated carbocycles. The van der Waals surface area contributed by atoms with Gasteiger partial charge in [-0.15, -0.1) is 0 Å². The lowest BCUT2D eigenvalue weighted by atomic mass is 10.1. The van der Waals surface area contributed by atoms with Gasteiger partial charge in [0.2, 0.25) is 0 Å². The molecule has 1 atom stereocenters. The molecule has 0 aliphatic carbocycles. The summed E-state index contributed by atoms with van der Waals surface area (Å²) in [6, 6.07) is 0. The van der Waals surface area contributed by atoms with Gasteiger partial charge in [-0.05, 0) is 12.8 Å². The molecule has 1 aromatic rings. The summed E-state index contributed by atoms with van der Waals surface area (Å²) in [7, 11) is 1.91. The van der Waals surface area contributed by atoms with Crippen LogP contribution in [0, 0.1) is 12.8 Å². The van der Waals surface area contributed by atoms with Gasteiger partial charge in [0.1, 0.15) is 16.8 Å². The second-order valence-electron chi connectivity index (χ2n) is 4.31. The summed E-state index contributed by atoms with van der Waals surface area (Å²) < 4.78 is 0.